The van der Waals surface area contributed by atoms with Gasteiger partial charge in [-0.2, -0.15) is 0 Å². The molecule has 3 unspecified atom stereocenters. The maximum atomic E-state index is 4.59. The highest BCUT2D eigenvalue weighted by Gasteiger charge is 2.44. The van der Waals surface area contributed by atoms with Crippen molar-refractivity contribution in [1.82, 2.24) is 15.1 Å². The van der Waals surface area contributed by atoms with E-state index in [-0.39, 0.29) is 0 Å². The normalized spacial score (nSPS) is 36.0. The molecule has 0 aromatic rings. The van der Waals surface area contributed by atoms with Gasteiger partial charge in [0.1, 0.15) is 0 Å². The molecule has 0 amide bonds. The Bertz CT molecular complexity index is 458. The van der Waals surface area contributed by atoms with Gasteiger partial charge < -0.3 is 10.2 Å². The van der Waals surface area contributed by atoms with E-state index in [1.807, 2.05) is 7.05 Å². The number of nitrogens with one attached hydrogen (secondary N) is 1. The summed E-state index contributed by atoms with van der Waals surface area (Å²) in [4.78, 5) is 9.67. The number of hydrogen-bond acceptors (Lipinski definition) is 2. The molecule has 1 N–H and O–H groups in total. The van der Waals surface area contributed by atoms with Gasteiger partial charge in [0.15, 0.2) is 5.96 Å². The highest BCUT2D eigenvalue weighted by molar-refractivity contribution is 5.81. The van der Waals surface area contributed by atoms with E-state index >= 15 is 0 Å². The number of guanidine groups is 1. The average Bonchev–Trinajstić information content (AvgIpc) is 2.99. The van der Waals surface area contributed by atoms with Gasteiger partial charge in [-0.3, -0.25) is 9.89 Å². The fourth-order valence-electron chi connectivity index (χ4n) is 4.95. The second kappa shape index (κ2) is 6.84. The average molecular weight is 316 g/mol. The molecular formula is C19H32N4. The minimum atomic E-state index is 0.698. The second-order valence-corrected chi connectivity index (χ2v) is 7.91. The third kappa shape index (κ3) is 3.42. The Hall–Kier alpha value is -1.03. The Morgan fingerprint density at radius 2 is 1.87 bits per heavy atom. The summed E-state index contributed by atoms with van der Waals surface area (Å²) in [6.45, 7) is 4.57. The van der Waals surface area contributed by atoms with Crippen molar-refractivity contribution in [3.63, 3.8) is 0 Å². The van der Waals surface area contributed by atoms with Gasteiger partial charge in [-0.25, -0.2) is 0 Å². The van der Waals surface area contributed by atoms with E-state index in [0.717, 1.165) is 44.0 Å². The maximum Gasteiger partial charge on any atom is 0.193 e. The number of rotatable bonds is 3. The smallest absolute Gasteiger partial charge is 0.193 e. The zero-order valence-corrected chi connectivity index (χ0v) is 14.6. The van der Waals surface area contributed by atoms with Crippen molar-refractivity contribution < 1.29 is 0 Å². The first-order chi connectivity index (χ1) is 11.3. The first-order valence-electron chi connectivity index (χ1n) is 9.72. The SMILES string of the molecule is CN=C(NC1CC1C1CCCCC1)N1CCC(N2CC=CC2)C1. The first kappa shape index (κ1) is 15.5. The van der Waals surface area contributed by atoms with Gasteiger partial charge in [-0.05, 0) is 24.7 Å². The molecule has 0 spiro atoms. The Balaban J connectivity index is 1.27. The lowest BCUT2D eigenvalue weighted by molar-refractivity contribution is 0.259. The van der Waals surface area contributed by atoms with Crippen molar-refractivity contribution in [2.24, 2.45) is 16.8 Å². The molecule has 0 aromatic carbocycles. The number of hydrogen-bond donors (Lipinski definition) is 1. The zero-order chi connectivity index (χ0) is 15.6. The van der Waals surface area contributed by atoms with Crippen LogP contribution in [-0.4, -0.2) is 61.1 Å². The van der Waals surface area contributed by atoms with E-state index in [2.05, 4.69) is 32.3 Å². The monoisotopic (exact) mass is 316 g/mol. The highest BCUT2D eigenvalue weighted by atomic mass is 15.4. The van der Waals surface area contributed by atoms with Crippen LogP contribution >= 0.6 is 0 Å². The Labute approximate surface area is 141 Å². The molecule has 23 heavy (non-hydrogen) atoms. The van der Waals surface area contributed by atoms with Crippen LogP contribution in [0.15, 0.2) is 17.1 Å². The Morgan fingerprint density at radius 3 is 2.61 bits per heavy atom. The lowest BCUT2D eigenvalue weighted by Crippen LogP contribution is -2.44. The fraction of sp³-hybridized carbons (Fsp3) is 0.842. The molecule has 1 saturated heterocycles. The molecule has 4 aliphatic rings. The predicted molar refractivity (Wildman–Crippen MR) is 95.7 cm³/mol. The quantitative estimate of drug-likeness (QED) is 0.493. The number of likely N-dealkylation sites (tertiary alicyclic amines) is 1. The van der Waals surface area contributed by atoms with Crippen molar-refractivity contribution in [2.45, 2.75) is 57.0 Å². The molecule has 2 aliphatic carbocycles. The summed E-state index contributed by atoms with van der Waals surface area (Å²) in [6, 6.07) is 1.40. The van der Waals surface area contributed by atoms with Crippen LogP contribution in [0.4, 0.5) is 0 Å². The highest BCUT2D eigenvalue weighted by Crippen LogP contribution is 2.44. The molecule has 2 aliphatic heterocycles. The van der Waals surface area contributed by atoms with E-state index in [9.17, 15) is 0 Å². The number of aliphatic imine (C=N–C) groups is 1. The topological polar surface area (TPSA) is 30.9 Å². The van der Waals surface area contributed by atoms with Crippen LogP contribution in [-0.2, 0) is 0 Å². The molecule has 2 saturated carbocycles. The lowest BCUT2D eigenvalue weighted by Gasteiger charge is -2.26. The van der Waals surface area contributed by atoms with Gasteiger partial charge in [0, 0.05) is 45.3 Å². The summed E-state index contributed by atoms with van der Waals surface area (Å²) in [5.74, 6) is 3.07. The van der Waals surface area contributed by atoms with E-state index in [1.54, 1.807) is 0 Å². The molecule has 3 atom stereocenters. The van der Waals surface area contributed by atoms with Crippen LogP contribution in [0, 0.1) is 11.8 Å². The van der Waals surface area contributed by atoms with Crippen LogP contribution in [0.5, 0.6) is 0 Å². The van der Waals surface area contributed by atoms with Gasteiger partial charge in [-0.15, -0.1) is 0 Å². The minimum absolute atomic E-state index is 0.698. The second-order valence-electron chi connectivity index (χ2n) is 7.91. The minimum Gasteiger partial charge on any atom is -0.353 e. The summed E-state index contributed by atoms with van der Waals surface area (Å²) >= 11 is 0. The van der Waals surface area contributed by atoms with Crippen LogP contribution < -0.4 is 5.32 Å². The number of nitrogens with zero attached hydrogens (tertiary/aromatic N) is 3. The third-order valence-electron chi connectivity index (χ3n) is 6.45. The first-order valence-corrected chi connectivity index (χ1v) is 9.72. The Morgan fingerprint density at radius 1 is 1.09 bits per heavy atom. The summed E-state index contributed by atoms with van der Waals surface area (Å²) in [7, 11) is 1.95. The molecule has 3 fully saturated rings. The van der Waals surface area contributed by atoms with Crippen LogP contribution in [0.1, 0.15) is 44.9 Å². The molecule has 4 rings (SSSR count). The van der Waals surface area contributed by atoms with E-state index in [0.29, 0.717) is 12.1 Å². The summed E-state index contributed by atoms with van der Waals surface area (Å²) < 4.78 is 0. The molecule has 128 valence electrons. The van der Waals surface area contributed by atoms with Crippen LogP contribution in [0.3, 0.4) is 0 Å². The van der Waals surface area contributed by atoms with Crippen molar-refractivity contribution >= 4 is 5.96 Å². The largest absolute Gasteiger partial charge is 0.353 e. The molecule has 2 heterocycles. The molecule has 4 heteroatoms. The van der Waals surface area contributed by atoms with Gasteiger partial charge in [0.25, 0.3) is 0 Å². The predicted octanol–water partition coefficient (Wildman–Crippen LogP) is 2.48. The summed E-state index contributed by atoms with van der Waals surface area (Å²) in [5.41, 5.74) is 0. The van der Waals surface area contributed by atoms with E-state index in [1.165, 1.54) is 44.9 Å². The molecule has 0 bridgehead atoms. The maximum absolute atomic E-state index is 4.59. The molecule has 0 radical (unpaired) electrons. The van der Waals surface area contributed by atoms with E-state index < -0.39 is 0 Å². The van der Waals surface area contributed by atoms with Crippen molar-refractivity contribution in [2.75, 3.05) is 33.2 Å². The Kier molecular flexibility index (Phi) is 4.61. The summed E-state index contributed by atoms with van der Waals surface area (Å²) in [5, 5.41) is 3.78. The van der Waals surface area contributed by atoms with Crippen molar-refractivity contribution in [1.29, 1.82) is 0 Å². The van der Waals surface area contributed by atoms with Crippen molar-refractivity contribution in [3.8, 4) is 0 Å². The van der Waals surface area contributed by atoms with Gasteiger partial charge in [0.2, 0.25) is 0 Å². The standard InChI is InChI=1S/C19H32N4/c1-20-19(21-18-13-17(18)15-7-3-2-4-8-15)23-12-9-16(14-23)22-10-5-6-11-22/h5-6,15-18H,2-4,7-14H2,1H3,(H,20,21). The van der Waals surface area contributed by atoms with Gasteiger partial charge in [0.05, 0.1) is 0 Å². The van der Waals surface area contributed by atoms with Crippen LogP contribution in [0.2, 0.25) is 0 Å². The fourth-order valence-corrected chi connectivity index (χ4v) is 4.95. The molecule has 0 aromatic heterocycles. The van der Waals surface area contributed by atoms with Gasteiger partial charge in [-0.1, -0.05) is 44.3 Å². The van der Waals surface area contributed by atoms with Crippen LogP contribution in [0.25, 0.3) is 0 Å². The van der Waals surface area contributed by atoms with E-state index in [4.69, 9.17) is 0 Å². The summed E-state index contributed by atoms with van der Waals surface area (Å²) in [6.07, 6.45) is 14.6. The lowest BCUT2D eigenvalue weighted by atomic mass is 9.85. The van der Waals surface area contributed by atoms with Crippen molar-refractivity contribution in [3.05, 3.63) is 12.2 Å². The van der Waals surface area contributed by atoms with Gasteiger partial charge >= 0.3 is 0 Å². The third-order valence-corrected chi connectivity index (χ3v) is 6.45. The zero-order valence-electron chi connectivity index (χ0n) is 14.6. The molecular weight excluding hydrogens is 284 g/mol. The molecule has 4 nitrogen and oxygen atoms in total.